The van der Waals surface area contributed by atoms with E-state index in [0.29, 0.717) is 6.90 Å². The summed E-state index contributed by atoms with van der Waals surface area (Å²) in [4.78, 5) is 0. The molecule has 0 aliphatic rings. The van der Waals surface area contributed by atoms with E-state index >= 15 is 0 Å². The van der Waals surface area contributed by atoms with Gasteiger partial charge in [0.15, 0.2) is 0 Å². The lowest BCUT2D eigenvalue weighted by molar-refractivity contribution is 0.306. The van der Waals surface area contributed by atoms with Crippen molar-refractivity contribution in [2.24, 2.45) is 0 Å². The molecule has 0 amide bonds. The third kappa shape index (κ3) is 3.63. The van der Waals surface area contributed by atoms with Gasteiger partial charge in [-0.25, -0.2) is 0 Å². The molecule has 0 aromatic heterocycles. The van der Waals surface area contributed by atoms with Crippen LogP contribution in [0.15, 0.2) is 54.6 Å². The number of rotatable bonds is 6. The minimum absolute atomic E-state index is 0.517. The zero-order valence-corrected chi connectivity index (χ0v) is 10.6. The van der Waals surface area contributed by atoms with E-state index in [1.54, 1.807) is 0 Å². The summed E-state index contributed by atoms with van der Waals surface area (Å²) < 4.78 is 12.8. The van der Waals surface area contributed by atoms with Gasteiger partial charge >= 0.3 is 0 Å². The molecule has 0 saturated heterocycles. The minimum atomic E-state index is 0.517. The van der Waals surface area contributed by atoms with E-state index in [9.17, 15) is 0 Å². The summed E-state index contributed by atoms with van der Waals surface area (Å²) in [6.07, 6.45) is 3.06. The Morgan fingerprint density at radius 1 is 0.944 bits per heavy atom. The molecule has 0 aliphatic heterocycles. The molecule has 2 aromatic rings. The molecule has 0 N–H and O–H groups in total. The Morgan fingerprint density at radius 2 is 1.78 bits per heavy atom. The van der Waals surface area contributed by atoms with Crippen LogP contribution < -0.4 is 4.74 Å². The first-order chi connectivity index (χ1) is 9.40. The van der Waals surface area contributed by atoms with Crippen LogP contribution >= 0.6 is 0 Å². The Balaban J connectivity index is 1.92. The summed E-state index contributed by atoms with van der Waals surface area (Å²) >= 11 is 0. The second-order valence-electron chi connectivity index (χ2n) is 4.30. The highest BCUT2D eigenvalue weighted by Gasteiger charge is 1.99. The molecule has 1 heteroatoms. The highest BCUT2D eigenvalue weighted by atomic mass is 16.5. The molecule has 2 rings (SSSR count). The van der Waals surface area contributed by atoms with Gasteiger partial charge in [-0.05, 0) is 29.7 Å². The SMILES string of the molecule is [2H]CCCCCOc1cccc(-c2ccccc2)c1. The molecular weight excluding hydrogens is 220 g/mol. The van der Waals surface area contributed by atoms with Crippen molar-refractivity contribution in [1.82, 2.24) is 0 Å². The molecule has 0 spiro atoms. The fraction of sp³-hybridized carbons (Fsp3) is 0.294. The highest BCUT2D eigenvalue weighted by molar-refractivity contribution is 5.64. The molecule has 0 saturated carbocycles. The fourth-order valence-corrected chi connectivity index (χ4v) is 1.86. The van der Waals surface area contributed by atoms with Crippen molar-refractivity contribution in [1.29, 1.82) is 0 Å². The standard InChI is InChI=1S/C17H20O/c1-2-3-7-13-18-17-12-8-11-16(14-17)15-9-5-4-6-10-15/h4-6,8-12,14H,2-3,7,13H2,1H3/i1D. The zero-order valence-electron chi connectivity index (χ0n) is 11.6. The lowest BCUT2D eigenvalue weighted by Crippen LogP contribution is -1.96. The molecule has 0 atom stereocenters. The summed E-state index contributed by atoms with van der Waals surface area (Å²) in [6, 6.07) is 18.5. The Kier molecular flexibility index (Phi) is 4.31. The molecule has 1 nitrogen and oxygen atoms in total. The first-order valence-corrected chi connectivity index (χ1v) is 6.47. The predicted molar refractivity (Wildman–Crippen MR) is 76.9 cm³/mol. The van der Waals surface area contributed by atoms with Crippen LogP contribution in [-0.2, 0) is 0 Å². The zero-order chi connectivity index (χ0) is 13.3. The molecule has 18 heavy (non-hydrogen) atoms. The van der Waals surface area contributed by atoms with Crippen LogP contribution in [0.4, 0.5) is 0 Å². The van der Waals surface area contributed by atoms with Gasteiger partial charge in [0.25, 0.3) is 0 Å². The molecule has 2 aromatic carbocycles. The van der Waals surface area contributed by atoms with Gasteiger partial charge in [-0.15, -0.1) is 0 Å². The topological polar surface area (TPSA) is 9.23 Å². The van der Waals surface area contributed by atoms with Gasteiger partial charge in [0.2, 0.25) is 0 Å². The average Bonchev–Trinajstić information content (AvgIpc) is 2.48. The van der Waals surface area contributed by atoms with Crippen LogP contribution in [0.25, 0.3) is 11.1 Å². The third-order valence-corrected chi connectivity index (χ3v) is 2.85. The lowest BCUT2D eigenvalue weighted by atomic mass is 10.1. The van der Waals surface area contributed by atoms with Gasteiger partial charge in [0.05, 0.1) is 6.61 Å². The van der Waals surface area contributed by atoms with Crippen molar-refractivity contribution in [3.05, 3.63) is 54.6 Å². The number of hydrogen-bond donors (Lipinski definition) is 0. The number of ether oxygens (including phenoxy) is 1. The van der Waals surface area contributed by atoms with Crippen molar-refractivity contribution < 1.29 is 6.11 Å². The maximum atomic E-state index is 7.08. The monoisotopic (exact) mass is 241 g/mol. The van der Waals surface area contributed by atoms with E-state index in [1.165, 1.54) is 11.1 Å². The largest absolute Gasteiger partial charge is 0.494 e. The molecule has 0 fully saturated rings. The van der Waals surface area contributed by atoms with Gasteiger partial charge in [0.1, 0.15) is 5.75 Å². The molecule has 0 aliphatic carbocycles. The van der Waals surface area contributed by atoms with Gasteiger partial charge in [-0.2, -0.15) is 0 Å². The average molecular weight is 241 g/mol. The Bertz CT molecular complexity index is 482. The van der Waals surface area contributed by atoms with Crippen LogP contribution in [0.2, 0.25) is 0 Å². The first kappa shape index (κ1) is 11.3. The number of unbranched alkanes of at least 4 members (excludes halogenated alkanes) is 2. The Morgan fingerprint density at radius 3 is 2.61 bits per heavy atom. The van der Waals surface area contributed by atoms with E-state index in [4.69, 9.17) is 6.11 Å². The van der Waals surface area contributed by atoms with Crippen LogP contribution in [-0.4, -0.2) is 6.61 Å². The van der Waals surface area contributed by atoms with Crippen LogP contribution in [0, 0.1) is 0 Å². The second kappa shape index (κ2) is 6.85. The summed E-state index contributed by atoms with van der Waals surface area (Å²) in [5.41, 5.74) is 2.39. The van der Waals surface area contributed by atoms with Crippen molar-refractivity contribution in [3.8, 4) is 16.9 Å². The smallest absolute Gasteiger partial charge is 0.119 e. The first-order valence-electron chi connectivity index (χ1n) is 7.18. The molecule has 0 unspecified atom stereocenters. The van der Waals surface area contributed by atoms with Crippen LogP contribution in [0.1, 0.15) is 27.5 Å². The molecular formula is C17H20O. The third-order valence-electron chi connectivity index (χ3n) is 2.85. The summed E-state index contributed by atoms with van der Waals surface area (Å²) in [7, 11) is 0. The normalized spacial score (nSPS) is 11.0. The quantitative estimate of drug-likeness (QED) is 0.652. The van der Waals surface area contributed by atoms with Crippen molar-refractivity contribution >= 4 is 0 Å². The number of hydrogen-bond acceptors (Lipinski definition) is 1. The maximum Gasteiger partial charge on any atom is 0.119 e. The van der Waals surface area contributed by atoms with Crippen molar-refractivity contribution in [3.63, 3.8) is 0 Å². The molecule has 0 radical (unpaired) electrons. The highest BCUT2D eigenvalue weighted by Crippen LogP contribution is 2.23. The summed E-state index contributed by atoms with van der Waals surface area (Å²) in [6.45, 7) is 1.25. The number of benzene rings is 2. The minimum Gasteiger partial charge on any atom is -0.494 e. The predicted octanol–water partition coefficient (Wildman–Crippen LogP) is 4.92. The molecule has 0 bridgehead atoms. The lowest BCUT2D eigenvalue weighted by Gasteiger charge is -2.08. The molecule has 0 heterocycles. The van der Waals surface area contributed by atoms with E-state index in [2.05, 4.69) is 24.3 Å². The van der Waals surface area contributed by atoms with Crippen molar-refractivity contribution in [2.75, 3.05) is 6.61 Å². The maximum absolute atomic E-state index is 7.08. The fourth-order valence-electron chi connectivity index (χ4n) is 1.86. The van der Waals surface area contributed by atoms with E-state index in [-0.39, 0.29) is 0 Å². The van der Waals surface area contributed by atoms with Gasteiger partial charge in [0, 0.05) is 1.37 Å². The molecule has 94 valence electrons. The van der Waals surface area contributed by atoms with Crippen molar-refractivity contribution in [2.45, 2.75) is 26.2 Å². The van der Waals surface area contributed by atoms with Gasteiger partial charge in [-0.3, -0.25) is 0 Å². The summed E-state index contributed by atoms with van der Waals surface area (Å²) in [5, 5.41) is 0. The van der Waals surface area contributed by atoms with Gasteiger partial charge in [-0.1, -0.05) is 62.2 Å². The van der Waals surface area contributed by atoms with E-state index < -0.39 is 0 Å². The van der Waals surface area contributed by atoms with E-state index in [1.807, 2.05) is 30.3 Å². The summed E-state index contributed by atoms with van der Waals surface area (Å²) in [5.74, 6) is 0.923. The van der Waals surface area contributed by atoms with Crippen LogP contribution in [0.5, 0.6) is 5.75 Å². The Hall–Kier alpha value is -1.76. The second-order valence-corrected chi connectivity index (χ2v) is 4.30. The van der Waals surface area contributed by atoms with Crippen LogP contribution in [0.3, 0.4) is 0 Å². The van der Waals surface area contributed by atoms with E-state index in [0.717, 1.165) is 31.6 Å². The van der Waals surface area contributed by atoms with Gasteiger partial charge < -0.3 is 4.74 Å². The Labute approximate surface area is 111 Å².